The summed E-state index contributed by atoms with van der Waals surface area (Å²) in [4.78, 5) is 22.1. The average Bonchev–Trinajstić information content (AvgIpc) is 3.11. The van der Waals surface area contributed by atoms with Gasteiger partial charge in [-0.25, -0.2) is 14.8 Å². The maximum Gasteiger partial charge on any atom is 0.418 e. The third-order valence-corrected chi connectivity index (χ3v) is 4.96. The van der Waals surface area contributed by atoms with E-state index < -0.39 is 11.7 Å². The Morgan fingerprint density at radius 2 is 1.80 bits per heavy atom. The molecule has 0 aliphatic carbocycles. The van der Waals surface area contributed by atoms with Crippen molar-refractivity contribution in [2.75, 3.05) is 14.2 Å². The number of carbonyl (C=O) groups is 1. The van der Waals surface area contributed by atoms with Gasteiger partial charge >= 0.3 is 6.09 Å². The van der Waals surface area contributed by atoms with Crippen LogP contribution in [-0.4, -0.2) is 54.4 Å². The first-order valence-corrected chi connectivity index (χ1v) is 10.2. The number of fused-ring (bicyclic) bond motifs is 1. The molecule has 1 aliphatic heterocycles. The predicted octanol–water partition coefficient (Wildman–Crippen LogP) is 4.46. The van der Waals surface area contributed by atoms with Gasteiger partial charge in [-0.15, -0.1) is 0 Å². The summed E-state index contributed by atoms with van der Waals surface area (Å²) in [6.07, 6.45) is 1.93. The lowest BCUT2D eigenvalue weighted by Crippen LogP contribution is -2.38. The summed E-state index contributed by atoms with van der Waals surface area (Å²) in [7, 11) is 3.25. The molecule has 3 rings (SSSR count). The number of aliphatic imine (C=N–C) groups is 2. The number of hydrogen-bond donors (Lipinski definition) is 0. The molecule has 1 aromatic carbocycles. The van der Waals surface area contributed by atoms with Gasteiger partial charge in [0.25, 0.3) is 0 Å². The van der Waals surface area contributed by atoms with E-state index in [0.717, 1.165) is 16.5 Å². The highest BCUT2D eigenvalue weighted by atomic mass is 16.6. The van der Waals surface area contributed by atoms with Gasteiger partial charge in [0.15, 0.2) is 0 Å². The first-order chi connectivity index (χ1) is 14.1. The smallest absolute Gasteiger partial charge is 0.418 e. The lowest BCUT2D eigenvalue weighted by Gasteiger charge is -2.27. The summed E-state index contributed by atoms with van der Waals surface area (Å²) in [5.74, 6) is 1.47. The van der Waals surface area contributed by atoms with Crippen LogP contribution in [-0.2, 0) is 20.6 Å². The van der Waals surface area contributed by atoms with Crippen LogP contribution in [0.5, 0.6) is 0 Å². The van der Waals surface area contributed by atoms with Crippen LogP contribution in [0.3, 0.4) is 0 Å². The van der Waals surface area contributed by atoms with Gasteiger partial charge in [-0.1, -0.05) is 26.0 Å². The number of methoxy groups -OCH3 is 2. The fraction of sp³-hybridized carbons (Fsp3) is 0.522. The largest absolute Gasteiger partial charge is 0.483 e. The maximum atomic E-state index is 12.6. The third-order valence-electron chi connectivity index (χ3n) is 4.96. The fourth-order valence-electron chi connectivity index (χ4n) is 3.58. The summed E-state index contributed by atoms with van der Waals surface area (Å²) in [5, 5.41) is 0.971. The van der Waals surface area contributed by atoms with E-state index >= 15 is 0 Å². The Bertz CT molecular complexity index is 982. The van der Waals surface area contributed by atoms with Crippen molar-refractivity contribution >= 4 is 28.8 Å². The lowest BCUT2D eigenvalue weighted by atomic mass is 9.99. The lowest BCUT2D eigenvalue weighted by molar-refractivity contribution is 0.0544. The highest BCUT2D eigenvalue weighted by molar-refractivity contribution is 5.95. The van der Waals surface area contributed by atoms with Gasteiger partial charge < -0.3 is 14.2 Å². The molecule has 0 radical (unpaired) electrons. The van der Waals surface area contributed by atoms with Crippen LogP contribution >= 0.6 is 0 Å². The van der Waals surface area contributed by atoms with Crippen molar-refractivity contribution in [3.63, 3.8) is 0 Å². The molecule has 2 atom stereocenters. The first-order valence-electron chi connectivity index (χ1n) is 10.2. The number of ether oxygens (including phenoxy) is 3. The van der Waals surface area contributed by atoms with Gasteiger partial charge in [0.1, 0.15) is 17.7 Å². The number of hydrogen-bond acceptors (Lipinski definition) is 6. The molecule has 2 heterocycles. The Morgan fingerprint density at radius 1 is 1.10 bits per heavy atom. The number of carbonyl (C=O) groups excluding carboxylic acids is 1. The predicted molar refractivity (Wildman–Crippen MR) is 119 cm³/mol. The number of rotatable bonds is 3. The van der Waals surface area contributed by atoms with Crippen LogP contribution < -0.4 is 0 Å². The van der Waals surface area contributed by atoms with E-state index in [4.69, 9.17) is 24.2 Å². The Hall–Kier alpha value is -2.83. The van der Waals surface area contributed by atoms with E-state index in [-0.39, 0.29) is 18.0 Å². The summed E-state index contributed by atoms with van der Waals surface area (Å²) >= 11 is 0. The SMILES string of the molecule is COC1=NC(C(C)C)C(OC)=NC1Cc1cccc2c1ccn2C(=O)OC(C)(C)C. The third kappa shape index (κ3) is 4.50. The molecule has 7 nitrogen and oxygen atoms in total. The van der Waals surface area contributed by atoms with E-state index in [1.165, 1.54) is 4.57 Å². The van der Waals surface area contributed by atoms with Crippen LogP contribution in [0.25, 0.3) is 10.9 Å². The number of benzene rings is 1. The van der Waals surface area contributed by atoms with Crippen molar-refractivity contribution in [1.29, 1.82) is 0 Å². The van der Waals surface area contributed by atoms with Gasteiger partial charge in [0.2, 0.25) is 11.8 Å². The second-order valence-corrected chi connectivity index (χ2v) is 8.77. The molecule has 0 amide bonds. The van der Waals surface area contributed by atoms with Crippen LogP contribution in [0.15, 0.2) is 40.4 Å². The van der Waals surface area contributed by atoms with Crippen molar-refractivity contribution in [1.82, 2.24) is 4.57 Å². The quantitative estimate of drug-likeness (QED) is 0.744. The van der Waals surface area contributed by atoms with Gasteiger partial charge in [-0.3, -0.25) is 4.57 Å². The zero-order valence-corrected chi connectivity index (χ0v) is 18.8. The summed E-state index contributed by atoms with van der Waals surface area (Å²) in [5.41, 5.74) is 1.28. The molecule has 0 bridgehead atoms. The fourth-order valence-corrected chi connectivity index (χ4v) is 3.58. The van der Waals surface area contributed by atoms with E-state index in [1.54, 1.807) is 20.4 Å². The Morgan fingerprint density at radius 3 is 2.40 bits per heavy atom. The van der Waals surface area contributed by atoms with Crippen LogP contribution in [0.1, 0.15) is 40.2 Å². The standard InChI is InChI=1S/C23H31N3O4/c1-14(2)19-21(29-7)24-17(20(25-19)28-6)13-15-9-8-10-18-16(15)11-12-26(18)22(27)30-23(3,4)5/h8-12,14,17,19H,13H2,1-7H3. The molecule has 2 unspecified atom stereocenters. The zero-order chi connectivity index (χ0) is 22.1. The van der Waals surface area contributed by atoms with E-state index in [1.807, 2.05) is 45.0 Å². The molecule has 2 aromatic rings. The van der Waals surface area contributed by atoms with E-state index in [2.05, 4.69) is 13.8 Å². The molecule has 1 aliphatic rings. The highest BCUT2D eigenvalue weighted by Gasteiger charge is 2.31. The topological polar surface area (TPSA) is 74.4 Å². The zero-order valence-electron chi connectivity index (χ0n) is 18.8. The molecule has 7 heteroatoms. The number of nitrogens with zero attached hydrogens (tertiary/aromatic N) is 3. The molecular formula is C23H31N3O4. The van der Waals surface area contributed by atoms with Crippen LogP contribution in [0, 0.1) is 5.92 Å². The molecule has 0 saturated heterocycles. The van der Waals surface area contributed by atoms with Crippen molar-refractivity contribution < 1.29 is 19.0 Å². The molecule has 30 heavy (non-hydrogen) atoms. The van der Waals surface area contributed by atoms with Crippen molar-refractivity contribution in [2.24, 2.45) is 15.9 Å². The molecule has 0 fully saturated rings. The van der Waals surface area contributed by atoms with Crippen molar-refractivity contribution in [3.05, 3.63) is 36.0 Å². The number of aromatic nitrogens is 1. The monoisotopic (exact) mass is 413 g/mol. The van der Waals surface area contributed by atoms with E-state index in [9.17, 15) is 4.79 Å². The maximum absolute atomic E-state index is 12.6. The molecule has 162 valence electrons. The minimum atomic E-state index is -0.560. The van der Waals surface area contributed by atoms with Crippen molar-refractivity contribution in [2.45, 2.75) is 58.7 Å². The summed E-state index contributed by atoms with van der Waals surface area (Å²) < 4.78 is 18.1. The molecule has 0 saturated carbocycles. The van der Waals surface area contributed by atoms with E-state index in [0.29, 0.717) is 18.2 Å². The van der Waals surface area contributed by atoms with Gasteiger partial charge in [-0.2, -0.15) is 0 Å². The molecular weight excluding hydrogens is 382 g/mol. The Kier molecular flexibility index (Phi) is 6.19. The summed E-state index contributed by atoms with van der Waals surface area (Å²) in [6.45, 7) is 9.72. The first kappa shape index (κ1) is 21.9. The minimum absolute atomic E-state index is 0.148. The van der Waals surface area contributed by atoms with Gasteiger partial charge in [0, 0.05) is 18.0 Å². The highest BCUT2D eigenvalue weighted by Crippen LogP contribution is 2.26. The minimum Gasteiger partial charge on any atom is -0.483 e. The second kappa shape index (κ2) is 8.50. The molecule has 1 aromatic heterocycles. The normalized spacial score (nSPS) is 19.5. The summed E-state index contributed by atoms with van der Waals surface area (Å²) in [6, 6.07) is 7.38. The molecule has 0 spiro atoms. The average molecular weight is 414 g/mol. The van der Waals surface area contributed by atoms with Crippen LogP contribution in [0.2, 0.25) is 0 Å². The Labute approximate surface area is 177 Å². The van der Waals surface area contributed by atoms with Crippen LogP contribution in [0.4, 0.5) is 4.79 Å². The van der Waals surface area contributed by atoms with Gasteiger partial charge in [0.05, 0.1) is 19.7 Å². The molecule has 0 N–H and O–H groups in total. The van der Waals surface area contributed by atoms with Crippen molar-refractivity contribution in [3.8, 4) is 0 Å². The second-order valence-electron chi connectivity index (χ2n) is 8.77. The Balaban J connectivity index is 1.93. The van der Waals surface area contributed by atoms with Gasteiger partial charge in [-0.05, 0) is 44.4 Å².